The molecular formula is C24H15BrCl2S2Zr-2. The molecule has 1 heterocycles. The molecule has 0 spiro atoms. The first-order valence-electron chi connectivity index (χ1n) is 8.83. The van der Waals surface area contributed by atoms with E-state index in [-0.39, 0.29) is 24.8 Å². The summed E-state index contributed by atoms with van der Waals surface area (Å²) in [5, 5.41) is 0. The van der Waals surface area contributed by atoms with E-state index in [0.717, 1.165) is 29.1 Å². The van der Waals surface area contributed by atoms with Crippen LogP contribution in [0.2, 0.25) is 0 Å². The maximum atomic E-state index is 4.17. The first-order chi connectivity index (χ1) is 13.8. The molecule has 6 rings (SSSR count). The topological polar surface area (TPSA) is 0 Å². The Balaban J connectivity index is 0.000000186. The van der Waals surface area contributed by atoms with Gasteiger partial charge in [-0.3, -0.25) is 0 Å². The Morgan fingerprint density at radius 2 is 1.63 bits per heavy atom. The van der Waals surface area contributed by atoms with E-state index in [4.69, 9.17) is 0 Å². The van der Waals surface area contributed by atoms with Crippen molar-refractivity contribution in [2.24, 2.45) is 0 Å². The van der Waals surface area contributed by atoms with Crippen LogP contribution in [0.4, 0.5) is 0 Å². The zero-order chi connectivity index (χ0) is 19.5. The number of rotatable bonds is 0. The monoisotopic (exact) mass is 606 g/mol. The van der Waals surface area contributed by atoms with E-state index in [1.54, 1.807) is 0 Å². The van der Waals surface area contributed by atoms with Gasteiger partial charge in [-0.2, -0.15) is 29.8 Å². The van der Waals surface area contributed by atoms with Gasteiger partial charge < -0.3 is 24.8 Å². The summed E-state index contributed by atoms with van der Waals surface area (Å²) in [6.07, 6.45) is 5.54. The molecule has 0 amide bonds. The molecule has 0 N–H and O–H groups in total. The van der Waals surface area contributed by atoms with Crippen LogP contribution in [0.1, 0.15) is 22.3 Å². The molecule has 0 aromatic heterocycles. The number of allylic oxidation sites excluding steroid dienone is 1. The van der Waals surface area contributed by atoms with Crippen molar-refractivity contribution in [2.75, 3.05) is 0 Å². The average Bonchev–Trinajstić information content (AvgIpc) is 3.40. The van der Waals surface area contributed by atoms with Gasteiger partial charge in [-0.15, -0.1) is 52.7 Å². The summed E-state index contributed by atoms with van der Waals surface area (Å²) in [5.41, 5.74) is 9.42. The van der Waals surface area contributed by atoms with E-state index in [0.29, 0.717) is 4.16 Å². The van der Waals surface area contributed by atoms with Gasteiger partial charge >= 0.3 is 31.5 Å². The van der Waals surface area contributed by atoms with Crippen LogP contribution in [0.5, 0.6) is 0 Å². The van der Waals surface area contributed by atoms with Crippen LogP contribution in [0.15, 0.2) is 71.6 Å². The van der Waals surface area contributed by atoms with Gasteiger partial charge in [-0.25, -0.2) is 0 Å². The second-order valence-corrected chi connectivity index (χ2v) is 9.23. The maximum Gasteiger partial charge on any atom is -0.0253 e. The summed E-state index contributed by atoms with van der Waals surface area (Å²) in [6.45, 7) is 0. The Labute approximate surface area is 221 Å². The number of thioether (sulfide) groups is 1. The van der Waals surface area contributed by atoms with E-state index < -0.39 is 0 Å². The first kappa shape index (κ1) is 25.9. The fraction of sp³-hybridized carbons (Fsp3) is 0.0833. The van der Waals surface area contributed by atoms with Crippen LogP contribution in [-0.2, 0) is 29.1 Å². The zero-order valence-corrected chi connectivity index (χ0v) is 22.9. The normalized spacial score (nSPS) is 15.8. The summed E-state index contributed by atoms with van der Waals surface area (Å²) < 4.78 is 0.440. The Morgan fingerprint density at radius 3 is 2.47 bits per heavy atom. The fourth-order valence-electron chi connectivity index (χ4n) is 3.69. The third-order valence-corrected chi connectivity index (χ3v) is 6.64. The molecule has 0 saturated heterocycles. The van der Waals surface area contributed by atoms with E-state index in [9.17, 15) is 0 Å². The number of hydrogen-bond donors (Lipinski definition) is 0. The second kappa shape index (κ2) is 12.0. The van der Waals surface area contributed by atoms with Crippen molar-refractivity contribution in [3.05, 3.63) is 106 Å². The van der Waals surface area contributed by atoms with E-state index in [2.05, 4.69) is 91.5 Å². The molecule has 3 aliphatic rings. The van der Waals surface area contributed by atoms with E-state index in [1.807, 2.05) is 30.0 Å². The summed E-state index contributed by atoms with van der Waals surface area (Å²) >= 11 is 6.57. The largest absolute Gasteiger partial charge is 0.179 e. The van der Waals surface area contributed by atoms with Gasteiger partial charge in [-0.1, -0.05) is 69.0 Å². The predicted molar refractivity (Wildman–Crippen MR) is 123 cm³/mol. The average molecular weight is 610 g/mol. The zero-order valence-electron chi connectivity index (χ0n) is 15.7. The molecule has 30 heavy (non-hydrogen) atoms. The Kier molecular flexibility index (Phi) is 10.4. The maximum absolute atomic E-state index is 4.17. The molecule has 2 aliphatic carbocycles. The van der Waals surface area contributed by atoms with Crippen molar-refractivity contribution in [1.29, 1.82) is 0 Å². The van der Waals surface area contributed by atoms with Gasteiger partial charge in [0.1, 0.15) is 0 Å². The molecule has 6 heteroatoms. The van der Waals surface area contributed by atoms with Crippen LogP contribution in [0.3, 0.4) is 0 Å². The molecule has 1 atom stereocenters. The van der Waals surface area contributed by atoms with Gasteiger partial charge in [-0.05, 0) is 11.3 Å². The summed E-state index contributed by atoms with van der Waals surface area (Å²) in [7, 11) is 4.17. The molecule has 3 aromatic carbocycles. The molecule has 3 aromatic rings. The number of fused-ring (bicyclic) bond motifs is 6. The molecule has 0 radical (unpaired) electrons. The van der Waals surface area contributed by atoms with Gasteiger partial charge in [0.05, 0.1) is 4.16 Å². The van der Waals surface area contributed by atoms with Crippen molar-refractivity contribution in [2.45, 2.75) is 10.6 Å². The Hall–Kier alpha value is -0.347. The van der Waals surface area contributed by atoms with Crippen LogP contribution in [-0.4, -0.2) is 4.16 Å². The minimum atomic E-state index is 0. The summed E-state index contributed by atoms with van der Waals surface area (Å²) in [5.74, 6) is 0. The predicted octanol–water partition coefficient (Wildman–Crippen LogP) is 1.40. The van der Waals surface area contributed by atoms with Crippen LogP contribution in [0, 0.1) is 12.1 Å². The number of halogens is 3. The minimum Gasteiger partial charge on any atom is -0.179 e. The van der Waals surface area contributed by atoms with Gasteiger partial charge in [0.15, 0.2) is 0 Å². The van der Waals surface area contributed by atoms with E-state index >= 15 is 0 Å². The molecule has 0 nitrogen and oxygen atoms in total. The second-order valence-electron chi connectivity index (χ2n) is 6.45. The van der Waals surface area contributed by atoms with E-state index in [1.165, 1.54) is 43.9 Å². The fourth-order valence-corrected chi connectivity index (χ4v) is 5.50. The Morgan fingerprint density at radius 1 is 0.933 bits per heavy atom. The Bertz CT molecular complexity index is 1050. The minimum absolute atomic E-state index is 0. The molecular weight excluding hydrogens is 594 g/mol. The molecule has 150 valence electrons. The van der Waals surface area contributed by atoms with Gasteiger partial charge in [0.25, 0.3) is 0 Å². The third kappa shape index (κ3) is 5.34. The van der Waals surface area contributed by atoms with Gasteiger partial charge in [0, 0.05) is 0 Å². The van der Waals surface area contributed by atoms with Crippen LogP contribution >= 0.6 is 36.5 Å². The van der Waals surface area contributed by atoms with Crippen molar-refractivity contribution in [3.63, 3.8) is 0 Å². The van der Waals surface area contributed by atoms with Gasteiger partial charge in [0.2, 0.25) is 0 Å². The number of alkyl halides is 1. The summed E-state index contributed by atoms with van der Waals surface area (Å²) in [4.78, 5) is 1.37. The van der Waals surface area contributed by atoms with Crippen molar-refractivity contribution in [3.8, 4) is 11.1 Å². The number of benzene rings is 3. The molecule has 0 bridgehead atoms. The van der Waals surface area contributed by atoms with Crippen molar-refractivity contribution >= 4 is 48.2 Å². The van der Waals surface area contributed by atoms with Crippen LogP contribution < -0.4 is 24.8 Å². The summed E-state index contributed by atoms with van der Waals surface area (Å²) in [6, 6.07) is 27.5. The van der Waals surface area contributed by atoms with Crippen molar-refractivity contribution in [1.82, 2.24) is 0 Å². The quantitative estimate of drug-likeness (QED) is 0.219. The first-order valence-corrected chi connectivity index (χ1v) is 14.0. The molecule has 0 fully saturated rings. The molecule has 1 unspecified atom stereocenters. The smallest absolute Gasteiger partial charge is 0.0253 e. The molecule has 0 saturated carbocycles. The molecule has 1 aliphatic heterocycles. The van der Waals surface area contributed by atoms with Crippen molar-refractivity contribution < 1.29 is 47.5 Å². The third-order valence-electron chi connectivity index (χ3n) is 4.86. The van der Waals surface area contributed by atoms with Crippen LogP contribution in [0.25, 0.3) is 22.8 Å². The number of hydrogen-bond acceptors (Lipinski definition) is 2. The SMILES string of the molecule is BrC1C=C2C(=Cc3ccc[c-]c32)S1.[Cl-].[Cl-].[S]=[Zr+2].[c-]1cccc2c1Cc1ccccc1-2. The standard InChI is InChI=1S/C13H9.C11H6BrS.2ClH.S.Zr/c1-3-7-12-10(5-1)9-11-6-2-4-8-13(11)12;12-11-6-9-8-4-2-1-3-7(8)5-10(9)13-11;;;;/h1-5,7-8H,9H2;1-3,5-6,11H;2*1H;;/q2*-1;;;;+2/p-2.